The number of benzene rings is 1. The fourth-order valence-corrected chi connectivity index (χ4v) is 2.73. The Bertz CT molecular complexity index is 557. The van der Waals surface area contributed by atoms with E-state index in [-0.39, 0.29) is 0 Å². The lowest BCUT2D eigenvalue weighted by Gasteiger charge is -2.06. The van der Waals surface area contributed by atoms with Gasteiger partial charge < -0.3 is 5.32 Å². The van der Waals surface area contributed by atoms with E-state index in [0.29, 0.717) is 0 Å². The second kappa shape index (κ2) is 4.75. The number of hydrogen-bond donors (Lipinski definition) is 1. The lowest BCUT2D eigenvalue weighted by atomic mass is 10.0. The van der Waals surface area contributed by atoms with Gasteiger partial charge in [0.1, 0.15) is 0 Å². The summed E-state index contributed by atoms with van der Waals surface area (Å²) in [5.41, 5.74) is 5.03. The molecule has 3 rings (SSSR count). The molecular formula is C14H16ClN3. The summed E-state index contributed by atoms with van der Waals surface area (Å²) in [5.74, 6) is 0. The van der Waals surface area contributed by atoms with Crippen LogP contribution in [-0.4, -0.2) is 22.9 Å². The van der Waals surface area contributed by atoms with E-state index in [1.807, 2.05) is 23.9 Å². The van der Waals surface area contributed by atoms with Crippen molar-refractivity contribution in [2.75, 3.05) is 13.1 Å². The van der Waals surface area contributed by atoms with E-state index in [1.165, 1.54) is 22.5 Å². The molecule has 0 spiro atoms. The largest absolute Gasteiger partial charge is 0.316 e. The highest BCUT2D eigenvalue weighted by Gasteiger charge is 2.18. The molecule has 0 saturated heterocycles. The third-order valence-corrected chi connectivity index (χ3v) is 3.69. The Morgan fingerprint density at radius 2 is 1.89 bits per heavy atom. The van der Waals surface area contributed by atoms with Crippen molar-refractivity contribution in [1.82, 2.24) is 15.1 Å². The van der Waals surface area contributed by atoms with Crippen LogP contribution < -0.4 is 5.32 Å². The zero-order valence-corrected chi connectivity index (χ0v) is 11.2. The van der Waals surface area contributed by atoms with Crippen LogP contribution in [0, 0.1) is 0 Å². The number of nitrogens with zero attached hydrogens (tertiary/aromatic N) is 2. The van der Waals surface area contributed by atoms with Crippen molar-refractivity contribution in [2.45, 2.75) is 12.8 Å². The number of nitrogens with one attached hydrogen (secondary N) is 1. The van der Waals surface area contributed by atoms with Crippen molar-refractivity contribution >= 4 is 11.6 Å². The van der Waals surface area contributed by atoms with Crippen LogP contribution in [0.1, 0.15) is 11.3 Å². The molecule has 0 amide bonds. The number of rotatable bonds is 1. The highest BCUT2D eigenvalue weighted by molar-refractivity contribution is 6.30. The van der Waals surface area contributed by atoms with Gasteiger partial charge in [-0.2, -0.15) is 5.10 Å². The van der Waals surface area contributed by atoms with Gasteiger partial charge in [0.2, 0.25) is 0 Å². The number of hydrogen-bond acceptors (Lipinski definition) is 2. The van der Waals surface area contributed by atoms with Gasteiger partial charge in [-0.1, -0.05) is 23.7 Å². The molecule has 1 aromatic heterocycles. The van der Waals surface area contributed by atoms with Crippen molar-refractivity contribution in [3.63, 3.8) is 0 Å². The molecule has 94 valence electrons. The van der Waals surface area contributed by atoms with Crippen LogP contribution in [0.5, 0.6) is 0 Å². The molecule has 1 N–H and O–H groups in total. The van der Waals surface area contributed by atoms with E-state index in [0.717, 1.165) is 31.0 Å². The molecule has 3 nitrogen and oxygen atoms in total. The molecule has 0 saturated carbocycles. The zero-order chi connectivity index (χ0) is 12.5. The molecule has 0 radical (unpaired) electrons. The first-order valence-electron chi connectivity index (χ1n) is 6.27. The summed E-state index contributed by atoms with van der Waals surface area (Å²) >= 11 is 5.95. The third kappa shape index (κ3) is 2.04. The first kappa shape index (κ1) is 11.8. The minimum absolute atomic E-state index is 0.772. The van der Waals surface area contributed by atoms with Gasteiger partial charge >= 0.3 is 0 Å². The molecule has 0 bridgehead atoms. The molecule has 1 aliphatic rings. The SMILES string of the molecule is Cn1nc2c(c1-c1ccc(Cl)cc1)CCNCC2. The predicted molar refractivity (Wildman–Crippen MR) is 73.9 cm³/mol. The van der Waals surface area contributed by atoms with E-state index in [4.69, 9.17) is 11.6 Å². The summed E-state index contributed by atoms with van der Waals surface area (Å²) in [6.45, 7) is 2.04. The van der Waals surface area contributed by atoms with Gasteiger partial charge in [0, 0.05) is 36.2 Å². The lowest BCUT2D eigenvalue weighted by Crippen LogP contribution is -2.17. The molecule has 0 fully saturated rings. The van der Waals surface area contributed by atoms with E-state index in [1.54, 1.807) is 0 Å². The molecule has 1 aliphatic heterocycles. The maximum atomic E-state index is 5.95. The van der Waals surface area contributed by atoms with Gasteiger partial charge in [-0.25, -0.2) is 0 Å². The monoisotopic (exact) mass is 261 g/mol. The molecule has 2 heterocycles. The van der Waals surface area contributed by atoms with Crippen LogP contribution in [-0.2, 0) is 19.9 Å². The zero-order valence-electron chi connectivity index (χ0n) is 10.4. The fraction of sp³-hybridized carbons (Fsp3) is 0.357. The van der Waals surface area contributed by atoms with Gasteiger partial charge in [0.15, 0.2) is 0 Å². The van der Waals surface area contributed by atoms with Gasteiger partial charge in [-0.15, -0.1) is 0 Å². The maximum Gasteiger partial charge on any atom is 0.0714 e. The minimum atomic E-state index is 0.772. The molecule has 0 atom stereocenters. The Morgan fingerprint density at radius 3 is 2.67 bits per heavy atom. The van der Waals surface area contributed by atoms with Crippen LogP contribution in [0.3, 0.4) is 0 Å². The summed E-state index contributed by atoms with van der Waals surface area (Å²) in [7, 11) is 2.02. The van der Waals surface area contributed by atoms with Gasteiger partial charge in [-0.3, -0.25) is 4.68 Å². The number of fused-ring (bicyclic) bond motifs is 1. The summed E-state index contributed by atoms with van der Waals surface area (Å²) in [6.07, 6.45) is 2.05. The summed E-state index contributed by atoms with van der Waals surface area (Å²) in [4.78, 5) is 0. The Balaban J connectivity index is 2.11. The van der Waals surface area contributed by atoms with Crippen LogP contribution in [0.4, 0.5) is 0 Å². The van der Waals surface area contributed by atoms with Crippen molar-refractivity contribution in [1.29, 1.82) is 0 Å². The van der Waals surface area contributed by atoms with Crippen molar-refractivity contribution < 1.29 is 0 Å². The first-order chi connectivity index (χ1) is 8.75. The second-order valence-corrected chi connectivity index (χ2v) is 5.09. The highest BCUT2D eigenvalue weighted by atomic mass is 35.5. The Kier molecular flexibility index (Phi) is 3.10. The Morgan fingerprint density at radius 1 is 1.17 bits per heavy atom. The van der Waals surface area contributed by atoms with Crippen molar-refractivity contribution in [2.24, 2.45) is 7.05 Å². The molecular weight excluding hydrogens is 246 g/mol. The van der Waals surface area contributed by atoms with Crippen molar-refractivity contribution in [3.8, 4) is 11.3 Å². The topological polar surface area (TPSA) is 29.9 Å². The minimum Gasteiger partial charge on any atom is -0.316 e. The Labute approximate surface area is 112 Å². The first-order valence-corrected chi connectivity index (χ1v) is 6.65. The third-order valence-electron chi connectivity index (χ3n) is 3.44. The molecule has 1 aromatic carbocycles. The number of aromatic nitrogens is 2. The van der Waals surface area contributed by atoms with Crippen LogP contribution in [0.15, 0.2) is 24.3 Å². The van der Waals surface area contributed by atoms with Gasteiger partial charge in [0.05, 0.1) is 11.4 Å². The number of aryl methyl sites for hydroxylation is 1. The van der Waals surface area contributed by atoms with Crippen LogP contribution in [0.2, 0.25) is 5.02 Å². The normalized spacial score (nSPS) is 15.2. The molecule has 2 aromatic rings. The smallest absolute Gasteiger partial charge is 0.0714 e. The highest BCUT2D eigenvalue weighted by Crippen LogP contribution is 2.28. The maximum absolute atomic E-state index is 5.95. The van der Waals surface area contributed by atoms with Crippen molar-refractivity contribution in [3.05, 3.63) is 40.5 Å². The number of halogens is 1. The van der Waals surface area contributed by atoms with E-state index < -0.39 is 0 Å². The standard InChI is InChI=1S/C14H16ClN3/c1-18-14(10-2-4-11(15)5-3-10)12-6-8-16-9-7-13(12)17-18/h2-5,16H,6-9H2,1H3. The molecule has 18 heavy (non-hydrogen) atoms. The van der Waals surface area contributed by atoms with E-state index in [9.17, 15) is 0 Å². The van der Waals surface area contributed by atoms with E-state index >= 15 is 0 Å². The Hall–Kier alpha value is -1.32. The average Bonchev–Trinajstić information content (AvgIpc) is 2.54. The lowest BCUT2D eigenvalue weighted by molar-refractivity contribution is 0.683. The van der Waals surface area contributed by atoms with Gasteiger partial charge in [-0.05, 0) is 25.1 Å². The molecule has 0 unspecified atom stereocenters. The summed E-state index contributed by atoms with van der Waals surface area (Å²) < 4.78 is 2.00. The van der Waals surface area contributed by atoms with Crippen LogP contribution in [0.25, 0.3) is 11.3 Å². The second-order valence-electron chi connectivity index (χ2n) is 4.65. The molecule has 4 heteroatoms. The fourth-order valence-electron chi connectivity index (χ4n) is 2.60. The average molecular weight is 262 g/mol. The van der Waals surface area contributed by atoms with Gasteiger partial charge in [0.25, 0.3) is 0 Å². The summed E-state index contributed by atoms with van der Waals surface area (Å²) in [6, 6.07) is 8.01. The quantitative estimate of drug-likeness (QED) is 0.855. The molecule has 0 aliphatic carbocycles. The summed E-state index contributed by atoms with van der Waals surface area (Å²) in [5, 5.41) is 8.84. The predicted octanol–water partition coefficient (Wildman–Crippen LogP) is 2.43. The van der Waals surface area contributed by atoms with E-state index in [2.05, 4.69) is 22.5 Å². The van der Waals surface area contributed by atoms with Crippen LogP contribution >= 0.6 is 11.6 Å².